The maximum atomic E-state index is 4.62. The molecule has 136 valence electrons. The number of thiophene rings is 1. The van der Waals surface area contributed by atoms with Gasteiger partial charge in [-0.25, -0.2) is 9.97 Å². The van der Waals surface area contributed by atoms with Crippen molar-refractivity contribution in [2.75, 3.05) is 31.1 Å². The molecule has 0 bridgehead atoms. The van der Waals surface area contributed by atoms with Gasteiger partial charge < -0.3 is 4.90 Å². The molecule has 0 aromatic carbocycles. The Morgan fingerprint density at radius 1 is 1.23 bits per heavy atom. The van der Waals surface area contributed by atoms with E-state index in [1.165, 1.54) is 35.3 Å². The zero-order valence-electron chi connectivity index (χ0n) is 15.4. The summed E-state index contributed by atoms with van der Waals surface area (Å²) in [6, 6.07) is 2.28. The third-order valence-corrected chi connectivity index (χ3v) is 6.93. The van der Waals surface area contributed by atoms with Gasteiger partial charge in [-0.1, -0.05) is 6.92 Å². The van der Waals surface area contributed by atoms with Crippen LogP contribution in [0.1, 0.15) is 23.8 Å². The summed E-state index contributed by atoms with van der Waals surface area (Å²) in [5.74, 6) is 1.13. The van der Waals surface area contributed by atoms with Gasteiger partial charge in [0.15, 0.2) is 0 Å². The second kappa shape index (κ2) is 6.03. The molecular weight excluding hydrogens is 344 g/mol. The van der Waals surface area contributed by atoms with Gasteiger partial charge in [0.05, 0.1) is 11.6 Å². The predicted molar refractivity (Wildman–Crippen MR) is 105 cm³/mol. The summed E-state index contributed by atoms with van der Waals surface area (Å²) in [5, 5.41) is 5.52. The van der Waals surface area contributed by atoms with Crippen LogP contribution >= 0.6 is 11.3 Å². The van der Waals surface area contributed by atoms with Crippen LogP contribution in [0.2, 0.25) is 0 Å². The van der Waals surface area contributed by atoms with E-state index in [0.29, 0.717) is 5.41 Å². The summed E-state index contributed by atoms with van der Waals surface area (Å²) in [5.41, 5.74) is 1.74. The van der Waals surface area contributed by atoms with E-state index in [-0.39, 0.29) is 0 Å². The van der Waals surface area contributed by atoms with Crippen molar-refractivity contribution in [2.24, 2.45) is 12.5 Å². The quantitative estimate of drug-likeness (QED) is 0.709. The number of rotatable bonds is 4. The molecule has 0 saturated carbocycles. The van der Waals surface area contributed by atoms with Gasteiger partial charge in [-0.2, -0.15) is 5.10 Å². The van der Waals surface area contributed by atoms with Crippen molar-refractivity contribution in [2.45, 2.75) is 26.3 Å². The van der Waals surface area contributed by atoms with Crippen LogP contribution in [0, 0.1) is 5.41 Å². The summed E-state index contributed by atoms with van der Waals surface area (Å²) in [6.45, 7) is 7.79. The molecule has 2 aliphatic heterocycles. The molecule has 0 atom stereocenters. The molecule has 6 nitrogen and oxygen atoms in total. The van der Waals surface area contributed by atoms with Crippen LogP contribution in [-0.2, 0) is 20.0 Å². The van der Waals surface area contributed by atoms with Gasteiger partial charge in [-0.05, 0) is 25.5 Å². The molecule has 0 amide bonds. The van der Waals surface area contributed by atoms with Crippen LogP contribution < -0.4 is 4.90 Å². The van der Waals surface area contributed by atoms with Gasteiger partial charge in [-0.15, -0.1) is 11.3 Å². The molecule has 2 aliphatic rings. The maximum absolute atomic E-state index is 4.62. The number of likely N-dealkylation sites (tertiary alicyclic amines) is 1. The van der Waals surface area contributed by atoms with Crippen LogP contribution in [0.15, 0.2) is 24.8 Å². The van der Waals surface area contributed by atoms with Crippen LogP contribution in [0.4, 0.5) is 5.82 Å². The number of anilines is 1. The summed E-state index contributed by atoms with van der Waals surface area (Å²) < 4.78 is 1.89. The number of aryl methyl sites for hydroxylation is 2. The first kappa shape index (κ1) is 16.2. The third kappa shape index (κ3) is 2.70. The second-order valence-corrected chi connectivity index (χ2v) is 8.94. The topological polar surface area (TPSA) is 50.1 Å². The molecule has 0 radical (unpaired) electrons. The summed E-state index contributed by atoms with van der Waals surface area (Å²) in [4.78, 5) is 16.6. The van der Waals surface area contributed by atoms with E-state index in [4.69, 9.17) is 0 Å². The molecular formula is C19H24N6S. The van der Waals surface area contributed by atoms with E-state index in [1.807, 2.05) is 17.9 Å². The fourth-order valence-corrected chi connectivity index (χ4v) is 5.39. The highest BCUT2D eigenvalue weighted by Gasteiger charge is 2.48. The molecule has 1 spiro atoms. The van der Waals surface area contributed by atoms with Crippen molar-refractivity contribution in [3.05, 3.63) is 35.2 Å². The summed E-state index contributed by atoms with van der Waals surface area (Å²) in [6.07, 6.45) is 8.17. The molecule has 5 heterocycles. The number of aromatic nitrogens is 4. The van der Waals surface area contributed by atoms with Crippen molar-refractivity contribution in [1.29, 1.82) is 0 Å². The van der Waals surface area contributed by atoms with Gasteiger partial charge >= 0.3 is 0 Å². The lowest BCUT2D eigenvalue weighted by Crippen LogP contribution is -2.58. The Kier molecular flexibility index (Phi) is 3.76. The lowest BCUT2D eigenvalue weighted by atomic mass is 9.79. The highest BCUT2D eigenvalue weighted by atomic mass is 32.1. The number of hydrogen-bond acceptors (Lipinski definition) is 6. The van der Waals surface area contributed by atoms with Gasteiger partial charge in [0, 0.05) is 55.3 Å². The largest absolute Gasteiger partial charge is 0.355 e. The standard InChI is InChI=1S/C19H24N6S/c1-3-15-6-16-17(20-13-21-18(16)26-15)25-11-19(12-25)4-5-24(10-19)9-14-7-22-23(2)8-14/h6-8,13H,3-5,9-12H2,1-2H3. The SMILES string of the molecule is CCc1cc2c(N3CC4(CCN(Cc5cnn(C)c5)C4)C3)ncnc2s1. The molecule has 2 fully saturated rings. The minimum absolute atomic E-state index is 0.434. The maximum Gasteiger partial charge on any atom is 0.140 e. The van der Waals surface area contributed by atoms with Gasteiger partial charge in [0.25, 0.3) is 0 Å². The van der Waals surface area contributed by atoms with E-state index >= 15 is 0 Å². The normalized spacial score (nSPS) is 19.5. The van der Waals surface area contributed by atoms with Gasteiger partial charge in [0.1, 0.15) is 17.0 Å². The van der Waals surface area contributed by atoms with Crippen molar-refractivity contribution in [3.8, 4) is 0 Å². The van der Waals surface area contributed by atoms with Crippen molar-refractivity contribution >= 4 is 27.4 Å². The summed E-state index contributed by atoms with van der Waals surface area (Å²) >= 11 is 1.80. The summed E-state index contributed by atoms with van der Waals surface area (Å²) in [7, 11) is 1.98. The number of fused-ring (bicyclic) bond motifs is 1. The molecule has 2 saturated heterocycles. The second-order valence-electron chi connectivity index (χ2n) is 7.82. The molecule has 0 unspecified atom stereocenters. The molecule has 0 aliphatic carbocycles. The van der Waals surface area contributed by atoms with Crippen LogP contribution in [-0.4, -0.2) is 50.8 Å². The molecule has 26 heavy (non-hydrogen) atoms. The number of nitrogens with zero attached hydrogens (tertiary/aromatic N) is 6. The zero-order chi connectivity index (χ0) is 17.7. The Hall–Kier alpha value is -1.99. The minimum atomic E-state index is 0.434. The highest BCUT2D eigenvalue weighted by molar-refractivity contribution is 7.18. The lowest BCUT2D eigenvalue weighted by Gasteiger charge is -2.49. The Balaban J connectivity index is 1.28. The van der Waals surface area contributed by atoms with E-state index in [2.05, 4.69) is 44.1 Å². The average molecular weight is 369 g/mol. The fraction of sp³-hybridized carbons (Fsp3) is 0.526. The highest BCUT2D eigenvalue weighted by Crippen LogP contribution is 2.43. The Morgan fingerprint density at radius 2 is 2.12 bits per heavy atom. The molecule has 5 rings (SSSR count). The first-order valence-electron chi connectivity index (χ1n) is 9.32. The van der Waals surface area contributed by atoms with Crippen molar-refractivity contribution in [1.82, 2.24) is 24.6 Å². The average Bonchev–Trinajstić information content (AvgIpc) is 3.31. The van der Waals surface area contributed by atoms with Crippen molar-refractivity contribution < 1.29 is 0 Å². The Bertz CT molecular complexity index is 939. The molecule has 0 N–H and O–H groups in total. The minimum Gasteiger partial charge on any atom is -0.355 e. The smallest absolute Gasteiger partial charge is 0.140 e. The van der Waals surface area contributed by atoms with Crippen LogP contribution in [0.25, 0.3) is 10.2 Å². The van der Waals surface area contributed by atoms with Gasteiger partial charge in [0.2, 0.25) is 0 Å². The fourth-order valence-electron chi connectivity index (χ4n) is 4.46. The van der Waals surface area contributed by atoms with E-state index in [1.54, 1.807) is 17.7 Å². The van der Waals surface area contributed by atoms with E-state index in [0.717, 1.165) is 36.7 Å². The van der Waals surface area contributed by atoms with Gasteiger partial charge in [-0.3, -0.25) is 9.58 Å². The first-order valence-corrected chi connectivity index (χ1v) is 10.1. The third-order valence-electron chi connectivity index (χ3n) is 5.74. The Labute approximate surface area is 157 Å². The van der Waals surface area contributed by atoms with E-state index in [9.17, 15) is 0 Å². The van der Waals surface area contributed by atoms with Crippen molar-refractivity contribution in [3.63, 3.8) is 0 Å². The number of hydrogen-bond donors (Lipinski definition) is 0. The molecule has 3 aromatic rings. The zero-order valence-corrected chi connectivity index (χ0v) is 16.2. The van der Waals surface area contributed by atoms with Crippen LogP contribution in [0.3, 0.4) is 0 Å². The molecule has 7 heteroatoms. The monoisotopic (exact) mass is 368 g/mol. The molecule has 3 aromatic heterocycles. The predicted octanol–water partition coefficient (Wildman–Crippen LogP) is 2.70. The van der Waals surface area contributed by atoms with Crippen LogP contribution in [0.5, 0.6) is 0 Å². The first-order chi connectivity index (χ1) is 12.6. The lowest BCUT2D eigenvalue weighted by molar-refractivity contribution is 0.201. The van der Waals surface area contributed by atoms with E-state index < -0.39 is 0 Å². The Morgan fingerprint density at radius 3 is 2.88 bits per heavy atom.